The van der Waals surface area contributed by atoms with Gasteiger partial charge in [0.1, 0.15) is 0 Å². The number of nitrogens with zero attached hydrogens (tertiary/aromatic N) is 2. The Labute approximate surface area is 127 Å². The van der Waals surface area contributed by atoms with Gasteiger partial charge in [-0.25, -0.2) is 0 Å². The van der Waals surface area contributed by atoms with E-state index >= 15 is 0 Å². The van der Waals surface area contributed by atoms with Crippen molar-refractivity contribution in [2.24, 2.45) is 0 Å². The summed E-state index contributed by atoms with van der Waals surface area (Å²) in [6.07, 6.45) is 3.71. The number of hydrogen-bond acceptors (Lipinski definition) is 3. The lowest BCUT2D eigenvalue weighted by Crippen LogP contribution is -2.35. The lowest BCUT2D eigenvalue weighted by Gasteiger charge is -2.26. The first-order valence-corrected chi connectivity index (χ1v) is 7.60. The highest BCUT2D eigenvalue weighted by Gasteiger charge is 2.11. The highest BCUT2D eigenvalue weighted by Crippen LogP contribution is 2.23. The Morgan fingerprint density at radius 1 is 1.10 bits per heavy atom. The van der Waals surface area contributed by atoms with Crippen LogP contribution in [0.4, 0.5) is 0 Å². The third-order valence-electron chi connectivity index (χ3n) is 3.48. The van der Waals surface area contributed by atoms with E-state index in [1.54, 1.807) is 6.20 Å². The predicted octanol–water partition coefficient (Wildman–Crippen LogP) is 3.34. The average Bonchev–Trinajstić information content (AvgIpc) is 2.49. The van der Waals surface area contributed by atoms with E-state index in [0.29, 0.717) is 0 Å². The second-order valence-electron chi connectivity index (χ2n) is 4.98. The van der Waals surface area contributed by atoms with E-state index in [-0.39, 0.29) is 0 Å². The van der Waals surface area contributed by atoms with Crippen LogP contribution in [0.5, 0.6) is 0 Å². The van der Waals surface area contributed by atoms with Crippen LogP contribution >= 0.6 is 15.9 Å². The van der Waals surface area contributed by atoms with Gasteiger partial charge in [0.05, 0.1) is 13.2 Å². The fourth-order valence-corrected chi connectivity index (χ4v) is 2.80. The lowest BCUT2D eigenvalue weighted by molar-refractivity contribution is 0.0342. The fraction of sp³-hybridized carbons (Fsp3) is 0.312. The average molecular weight is 333 g/mol. The lowest BCUT2D eigenvalue weighted by atomic mass is 10.0. The molecule has 1 aliphatic rings. The Kier molecular flexibility index (Phi) is 4.45. The number of benzene rings is 1. The van der Waals surface area contributed by atoms with Gasteiger partial charge >= 0.3 is 0 Å². The molecule has 0 amide bonds. The van der Waals surface area contributed by atoms with Gasteiger partial charge in [-0.15, -0.1) is 0 Å². The van der Waals surface area contributed by atoms with E-state index < -0.39 is 0 Å². The summed E-state index contributed by atoms with van der Waals surface area (Å²) < 4.78 is 6.40. The van der Waals surface area contributed by atoms with E-state index in [4.69, 9.17) is 4.74 Å². The van der Waals surface area contributed by atoms with Crippen molar-refractivity contribution in [3.05, 3.63) is 52.8 Å². The van der Waals surface area contributed by atoms with Gasteiger partial charge in [-0.2, -0.15) is 0 Å². The number of hydrogen-bond donors (Lipinski definition) is 0. The highest BCUT2D eigenvalue weighted by atomic mass is 79.9. The summed E-state index contributed by atoms with van der Waals surface area (Å²) in [5.74, 6) is 0. The van der Waals surface area contributed by atoms with Crippen LogP contribution in [-0.2, 0) is 11.3 Å². The predicted molar refractivity (Wildman–Crippen MR) is 83.5 cm³/mol. The van der Waals surface area contributed by atoms with Gasteiger partial charge in [-0.3, -0.25) is 9.88 Å². The van der Waals surface area contributed by atoms with Crippen molar-refractivity contribution >= 4 is 15.9 Å². The van der Waals surface area contributed by atoms with E-state index in [1.165, 1.54) is 11.1 Å². The van der Waals surface area contributed by atoms with Crippen molar-refractivity contribution in [2.75, 3.05) is 26.3 Å². The molecule has 0 unspecified atom stereocenters. The zero-order valence-electron chi connectivity index (χ0n) is 11.3. The Bertz CT molecular complexity index is 582. The molecule has 2 aromatic rings. The van der Waals surface area contributed by atoms with E-state index in [0.717, 1.165) is 42.9 Å². The summed E-state index contributed by atoms with van der Waals surface area (Å²) >= 11 is 3.47. The highest BCUT2D eigenvalue weighted by molar-refractivity contribution is 9.10. The number of halogens is 1. The molecule has 3 nitrogen and oxygen atoms in total. The summed E-state index contributed by atoms with van der Waals surface area (Å²) in [6, 6.07) is 10.8. The molecule has 0 aliphatic carbocycles. The molecule has 2 heterocycles. The first-order chi connectivity index (χ1) is 9.81. The van der Waals surface area contributed by atoms with Crippen molar-refractivity contribution in [1.82, 2.24) is 9.88 Å². The molecule has 104 valence electrons. The quantitative estimate of drug-likeness (QED) is 0.861. The van der Waals surface area contributed by atoms with Crippen LogP contribution in [0.3, 0.4) is 0 Å². The minimum Gasteiger partial charge on any atom is -0.379 e. The van der Waals surface area contributed by atoms with Crippen molar-refractivity contribution in [1.29, 1.82) is 0 Å². The standard InChI is InChI=1S/C16H17BrN2O/c17-16-9-15(10-18-11-16)14-3-1-2-13(8-14)12-19-4-6-20-7-5-19/h1-3,8-11H,4-7,12H2. The zero-order valence-corrected chi connectivity index (χ0v) is 12.8. The van der Waals surface area contributed by atoms with Crippen molar-refractivity contribution < 1.29 is 4.74 Å². The molecule has 0 N–H and O–H groups in total. The minimum absolute atomic E-state index is 0.843. The number of ether oxygens (including phenoxy) is 1. The van der Waals surface area contributed by atoms with Gasteiger partial charge in [0.15, 0.2) is 0 Å². The molecule has 1 aliphatic heterocycles. The van der Waals surface area contributed by atoms with E-state index in [9.17, 15) is 0 Å². The van der Waals surface area contributed by atoms with E-state index in [1.807, 2.05) is 6.20 Å². The summed E-state index contributed by atoms with van der Waals surface area (Å²) in [5.41, 5.74) is 3.69. The molecule has 0 saturated carbocycles. The van der Waals surface area contributed by atoms with Crippen LogP contribution in [0.15, 0.2) is 47.2 Å². The van der Waals surface area contributed by atoms with Crippen molar-refractivity contribution in [3.8, 4) is 11.1 Å². The number of aromatic nitrogens is 1. The molecule has 0 bridgehead atoms. The fourth-order valence-electron chi connectivity index (χ4n) is 2.44. The molecule has 1 fully saturated rings. The van der Waals surface area contributed by atoms with Crippen LogP contribution in [0, 0.1) is 0 Å². The molecule has 0 spiro atoms. The Balaban J connectivity index is 1.78. The topological polar surface area (TPSA) is 25.4 Å². The monoisotopic (exact) mass is 332 g/mol. The van der Waals surface area contributed by atoms with Gasteiger partial charge in [0.25, 0.3) is 0 Å². The third-order valence-corrected chi connectivity index (χ3v) is 3.91. The summed E-state index contributed by atoms with van der Waals surface area (Å²) in [5, 5.41) is 0. The summed E-state index contributed by atoms with van der Waals surface area (Å²) in [6.45, 7) is 4.70. The van der Waals surface area contributed by atoms with Crippen molar-refractivity contribution in [2.45, 2.75) is 6.54 Å². The molecular weight excluding hydrogens is 316 g/mol. The van der Waals surface area contributed by atoms with E-state index in [2.05, 4.69) is 56.1 Å². The molecule has 4 heteroatoms. The molecule has 0 atom stereocenters. The number of rotatable bonds is 3. The second kappa shape index (κ2) is 6.48. The maximum Gasteiger partial charge on any atom is 0.0594 e. The van der Waals surface area contributed by atoms with Gasteiger partial charge in [0.2, 0.25) is 0 Å². The molecule has 1 aromatic heterocycles. The summed E-state index contributed by atoms with van der Waals surface area (Å²) in [7, 11) is 0. The van der Waals surface area contributed by atoms with Gasteiger partial charge in [-0.05, 0) is 39.2 Å². The van der Waals surface area contributed by atoms with Crippen LogP contribution in [0.1, 0.15) is 5.56 Å². The molecule has 0 radical (unpaired) electrons. The Morgan fingerprint density at radius 2 is 1.95 bits per heavy atom. The Morgan fingerprint density at radius 3 is 2.75 bits per heavy atom. The smallest absolute Gasteiger partial charge is 0.0594 e. The first kappa shape index (κ1) is 13.7. The van der Waals surface area contributed by atoms with Crippen LogP contribution < -0.4 is 0 Å². The van der Waals surface area contributed by atoms with Gasteiger partial charge in [0, 0.05) is 42.1 Å². The maximum absolute atomic E-state index is 5.39. The zero-order chi connectivity index (χ0) is 13.8. The van der Waals surface area contributed by atoms with Crippen molar-refractivity contribution in [3.63, 3.8) is 0 Å². The van der Waals surface area contributed by atoms with Gasteiger partial charge in [-0.1, -0.05) is 18.2 Å². The first-order valence-electron chi connectivity index (χ1n) is 6.81. The Hall–Kier alpha value is -1.23. The van der Waals surface area contributed by atoms with Gasteiger partial charge < -0.3 is 4.74 Å². The largest absolute Gasteiger partial charge is 0.379 e. The number of pyridine rings is 1. The van der Waals surface area contributed by atoms with Crippen LogP contribution in [-0.4, -0.2) is 36.2 Å². The molecule has 1 aromatic carbocycles. The third kappa shape index (κ3) is 3.45. The second-order valence-corrected chi connectivity index (χ2v) is 5.90. The molecule has 3 rings (SSSR count). The molecule has 20 heavy (non-hydrogen) atoms. The molecular formula is C16H17BrN2O. The SMILES string of the molecule is Brc1cncc(-c2cccc(CN3CCOCC3)c2)c1. The van der Waals surface area contributed by atoms with Crippen LogP contribution in [0.25, 0.3) is 11.1 Å². The normalized spacial score (nSPS) is 16.2. The number of morpholine rings is 1. The molecule has 1 saturated heterocycles. The minimum atomic E-state index is 0.843. The maximum atomic E-state index is 5.39. The van der Waals surface area contributed by atoms with Crippen LogP contribution in [0.2, 0.25) is 0 Å². The summed E-state index contributed by atoms with van der Waals surface area (Å²) in [4.78, 5) is 6.66.